The largest absolute Gasteiger partial charge is 0.497 e. The summed E-state index contributed by atoms with van der Waals surface area (Å²) >= 11 is 0. The first kappa shape index (κ1) is 28.7. The molecule has 0 radical (unpaired) electrons. The van der Waals surface area contributed by atoms with Crippen molar-refractivity contribution >= 4 is 28.7 Å². The van der Waals surface area contributed by atoms with Crippen LogP contribution in [0, 0.1) is 0 Å². The molecule has 43 heavy (non-hydrogen) atoms. The maximum absolute atomic E-state index is 14.8. The van der Waals surface area contributed by atoms with Crippen LogP contribution < -0.4 is 26.2 Å². The Bertz CT molecular complexity index is 1660. The molecule has 2 saturated carbocycles. The Kier molecular flexibility index (Phi) is 8.02. The molecule has 2 fully saturated rings. The van der Waals surface area contributed by atoms with Crippen LogP contribution in [0.15, 0.2) is 59.7 Å². The van der Waals surface area contributed by atoms with E-state index in [1.165, 1.54) is 10.7 Å². The average molecular weight is 590 g/mol. The quantitative estimate of drug-likeness (QED) is 0.268. The molecule has 3 N–H and O–H groups in total. The maximum Gasteiger partial charge on any atom is 0.274 e. The van der Waals surface area contributed by atoms with Crippen molar-refractivity contribution in [3.63, 3.8) is 0 Å². The van der Waals surface area contributed by atoms with Gasteiger partial charge in [0.15, 0.2) is 11.5 Å². The number of imidazole rings is 1. The fourth-order valence-corrected chi connectivity index (χ4v) is 5.92. The van der Waals surface area contributed by atoms with Crippen LogP contribution in [0.3, 0.4) is 0 Å². The molecule has 0 aliphatic heterocycles. The number of alkyl halides is 1. The van der Waals surface area contributed by atoms with E-state index in [0.29, 0.717) is 35.8 Å². The molecular formula is C31H36FN7O4. The highest BCUT2D eigenvalue weighted by Gasteiger charge is 2.45. The number of benzene rings is 1. The lowest BCUT2D eigenvalue weighted by Gasteiger charge is -2.30. The van der Waals surface area contributed by atoms with E-state index in [9.17, 15) is 14.0 Å². The van der Waals surface area contributed by atoms with Gasteiger partial charge in [0.25, 0.3) is 11.5 Å². The number of nitrogens with zero attached hydrogens (tertiary/aromatic N) is 5. The topological polar surface area (TPSA) is 129 Å². The molecule has 0 saturated heterocycles. The second-order valence-corrected chi connectivity index (χ2v) is 11.1. The molecule has 226 valence electrons. The van der Waals surface area contributed by atoms with Gasteiger partial charge in [-0.05, 0) is 61.9 Å². The molecule has 2 aliphatic rings. The van der Waals surface area contributed by atoms with E-state index in [1.807, 2.05) is 30.3 Å². The van der Waals surface area contributed by atoms with Crippen molar-refractivity contribution in [2.75, 3.05) is 31.0 Å². The Morgan fingerprint density at radius 3 is 2.56 bits per heavy atom. The highest BCUT2D eigenvalue weighted by atomic mass is 19.1. The minimum absolute atomic E-state index is 0.0295. The summed E-state index contributed by atoms with van der Waals surface area (Å²) < 4.78 is 28.6. The SMILES string of the molecule is COc1ccc(CCNc2cc(N(c3cccn(C4CCC(OC)CC4)c3=O)[C@@H]3C[C@@H]3F)nn3c(C(N)=O)cnc23)cc1. The van der Waals surface area contributed by atoms with Crippen LogP contribution in [0.1, 0.15) is 54.2 Å². The van der Waals surface area contributed by atoms with Crippen molar-refractivity contribution < 1.29 is 18.7 Å². The number of fused-ring (bicyclic) bond motifs is 1. The summed E-state index contributed by atoms with van der Waals surface area (Å²) in [5.41, 5.74) is 7.94. The summed E-state index contributed by atoms with van der Waals surface area (Å²) in [7, 11) is 3.34. The Morgan fingerprint density at radius 2 is 1.91 bits per heavy atom. The van der Waals surface area contributed by atoms with E-state index in [0.717, 1.165) is 37.0 Å². The molecule has 6 rings (SSSR count). The number of nitrogens with one attached hydrogen (secondary N) is 1. The lowest BCUT2D eigenvalue weighted by molar-refractivity contribution is 0.0580. The van der Waals surface area contributed by atoms with E-state index in [1.54, 1.807) is 42.0 Å². The molecular weight excluding hydrogens is 553 g/mol. The molecule has 3 heterocycles. The number of hydrogen-bond acceptors (Lipinski definition) is 8. The zero-order chi connectivity index (χ0) is 30.1. The van der Waals surface area contributed by atoms with Crippen LogP contribution in [0.25, 0.3) is 5.65 Å². The number of nitrogens with two attached hydrogens (primary N) is 1. The van der Waals surface area contributed by atoms with Gasteiger partial charge in [-0.2, -0.15) is 0 Å². The Morgan fingerprint density at radius 1 is 1.16 bits per heavy atom. The van der Waals surface area contributed by atoms with E-state index in [-0.39, 0.29) is 29.8 Å². The third kappa shape index (κ3) is 5.79. The summed E-state index contributed by atoms with van der Waals surface area (Å²) in [6.45, 7) is 0.543. The lowest BCUT2D eigenvalue weighted by Crippen LogP contribution is -2.35. The minimum atomic E-state index is -1.12. The van der Waals surface area contributed by atoms with Crippen LogP contribution in [0.4, 0.5) is 21.6 Å². The molecule has 2 atom stereocenters. The molecule has 11 nitrogen and oxygen atoms in total. The zero-order valence-electron chi connectivity index (χ0n) is 24.3. The number of rotatable bonds is 11. The first-order valence-electron chi connectivity index (χ1n) is 14.6. The molecule has 1 amide bonds. The number of ether oxygens (including phenoxy) is 2. The normalized spacial score (nSPS) is 21.5. The number of carbonyl (C=O) groups excluding carboxylic acids is 1. The molecule has 0 spiro atoms. The van der Waals surface area contributed by atoms with Crippen LogP contribution in [0.2, 0.25) is 0 Å². The third-order valence-electron chi connectivity index (χ3n) is 8.44. The predicted octanol–water partition coefficient (Wildman–Crippen LogP) is 4.03. The zero-order valence-corrected chi connectivity index (χ0v) is 24.3. The third-order valence-corrected chi connectivity index (χ3v) is 8.44. The van der Waals surface area contributed by atoms with Crippen molar-refractivity contribution in [1.82, 2.24) is 19.2 Å². The van der Waals surface area contributed by atoms with E-state index >= 15 is 0 Å². The predicted molar refractivity (Wildman–Crippen MR) is 161 cm³/mol. The minimum Gasteiger partial charge on any atom is -0.497 e. The molecule has 2 aliphatic carbocycles. The summed E-state index contributed by atoms with van der Waals surface area (Å²) in [5.74, 6) is 0.405. The molecule has 3 aromatic heterocycles. The van der Waals surface area contributed by atoms with Gasteiger partial charge < -0.3 is 30.0 Å². The van der Waals surface area contributed by atoms with Gasteiger partial charge >= 0.3 is 0 Å². The number of pyridine rings is 1. The molecule has 4 aromatic rings. The van der Waals surface area contributed by atoms with E-state index < -0.39 is 18.1 Å². The van der Waals surface area contributed by atoms with Gasteiger partial charge in [0.2, 0.25) is 0 Å². The fourth-order valence-electron chi connectivity index (χ4n) is 5.92. The monoisotopic (exact) mass is 589 g/mol. The second-order valence-electron chi connectivity index (χ2n) is 11.1. The first-order valence-corrected chi connectivity index (χ1v) is 14.6. The van der Waals surface area contributed by atoms with E-state index in [2.05, 4.69) is 15.4 Å². The van der Waals surface area contributed by atoms with Crippen molar-refractivity contribution in [3.05, 3.63) is 76.5 Å². The molecule has 1 aromatic carbocycles. The van der Waals surface area contributed by atoms with Gasteiger partial charge in [0, 0.05) is 38.4 Å². The van der Waals surface area contributed by atoms with Crippen molar-refractivity contribution in [3.8, 4) is 5.75 Å². The van der Waals surface area contributed by atoms with Crippen LogP contribution in [-0.4, -0.2) is 64.2 Å². The van der Waals surface area contributed by atoms with Gasteiger partial charge in [-0.3, -0.25) is 9.59 Å². The number of anilines is 3. The molecule has 12 heteroatoms. The molecule has 0 bridgehead atoms. The highest BCUT2D eigenvalue weighted by molar-refractivity contribution is 5.92. The Hall–Kier alpha value is -4.45. The smallest absolute Gasteiger partial charge is 0.274 e. The second kappa shape index (κ2) is 12.0. The number of aromatic nitrogens is 4. The van der Waals surface area contributed by atoms with Crippen molar-refractivity contribution in [2.45, 2.75) is 62.9 Å². The first-order chi connectivity index (χ1) is 20.9. The maximum atomic E-state index is 14.8. The van der Waals surface area contributed by atoms with Crippen LogP contribution in [-0.2, 0) is 11.2 Å². The fraction of sp³-hybridized carbons (Fsp3) is 0.419. The van der Waals surface area contributed by atoms with Crippen molar-refractivity contribution in [1.29, 1.82) is 0 Å². The Labute approximate surface area is 248 Å². The van der Waals surface area contributed by atoms with Gasteiger partial charge in [-0.15, -0.1) is 5.10 Å². The van der Waals surface area contributed by atoms with Gasteiger partial charge in [-0.1, -0.05) is 12.1 Å². The molecule has 0 unspecified atom stereocenters. The van der Waals surface area contributed by atoms with Crippen LogP contribution in [0.5, 0.6) is 5.75 Å². The number of amides is 1. The summed E-state index contributed by atoms with van der Waals surface area (Å²) in [6.07, 6.45) is 6.60. The number of hydrogen-bond donors (Lipinski definition) is 2. The number of methoxy groups -OCH3 is 2. The standard InChI is InChI=1S/C31H36FN7O4/c1-42-21-9-5-19(6-10-21)13-14-34-24-17-28(36-39-27(29(33)40)18-35-30(24)39)38(26-16-23(26)32)25-4-3-15-37(31(25)41)20-7-11-22(43-2)12-8-20/h3-6,9-10,15,17-18,20,22-23,26,34H,7-8,11-14,16H2,1-2H3,(H2,33,40)/t20?,22?,23-,26+/m0/s1. The van der Waals surface area contributed by atoms with Gasteiger partial charge in [0.05, 0.1) is 31.1 Å². The number of carbonyl (C=O) groups is 1. The Balaban J connectivity index is 1.36. The summed E-state index contributed by atoms with van der Waals surface area (Å²) in [4.78, 5) is 32.3. The van der Waals surface area contributed by atoms with Gasteiger partial charge in [-0.25, -0.2) is 13.9 Å². The van der Waals surface area contributed by atoms with Gasteiger partial charge in [0.1, 0.15) is 23.3 Å². The summed E-state index contributed by atoms with van der Waals surface area (Å²) in [6, 6.07) is 12.5. The number of primary amides is 1. The highest BCUT2D eigenvalue weighted by Crippen LogP contribution is 2.40. The van der Waals surface area contributed by atoms with Crippen molar-refractivity contribution in [2.24, 2.45) is 5.73 Å². The average Bonchev–Trinajstić information content (AvgIpc) is 3.56. The lowest BCUT2D eigenvalue weighted by atomic mass is 9.92. The van der Waals surface area contributed by atoms with Crippen LogP contribution >= 0.6 is 0 Å². The summed E-state index contributed by atoms with van der Waals surface area (Å²) in [5, 5.41) is 8.07. The number of halogens is 1. The van der Waals surface area contributed by atoms with E-state index in [4.69, 9.17) is 15.2 Å².